The van der Waals surface area contributed by atoms with E-state index in [0.29, 0.717) is 0 Å². The Morgan fingerprint density at radius 1 is 1.42 bits per heavy atom. The van der Waals surface area contributed by atoms with Crippen molar-refractivity contribution in [1.82, 2.24) is 10.1 Å². The van der Waals surface area contributed by atoms with Crippen LogP contribution in [0.1, 0.15) is 16.2 Å². The first kappa shape index (κ1) is 17.8. The number of hydrogen-bond acceptors (Lipinski definition) is 6. The van der Waals surface area contributed by atoms with Gasteiger partial charge in [-0.25, -0.2) is 8.78 Å². The number of hydrogen-bond donors (Lipinski definition) is 2. The van der Waals surface area contributed by atoms with Crippen LogP contribution >= 0.6 is 0 Å². The Morgan fingerprint density at radius 2 is 2.08 bits per heavy atom. The maximum absolute atomic E-state index is 13.4. The Hall–Kier alpha value is -2.52. The van der Waals surface area contributed by atoms with Crippen molar-refractivity contribution in [3.05, 3.63) is 47.4 Å². The van der Waals surface area contributed by atoms with Crippen LogP contribution < -0.4 is 4.74 Å². The number of ether oxygens (including phenoxy) is 1. The van der Waals surface area contributed by atoms with Gasteiger partial charge in [0.15, 0.2) is 28.8 Å². The van der Waals surface area contributed by atoms with Gasteiger partial charge in [0.05, 0.1) is 12.7 Å². The zero-order valence-corrected chi connectivity index (χ0v) is 12.8. The summed E-state index contributed by atoms with van der Waals surface area (Å²) in [5, 5.41) is 21.6. The van der Waals surface area contributed by atoms with Gasteiger partial charge in [0.2, 0.25) is 0 Å². The highest BCUT2D eigenvalue weighted by Gasteiger charge is 2.19. The SMILES string of the molecule is CN(CC(O)CO)C(=O)c1cc(COc2c(F)cccc2F)on1. The maximum atomic E-state index is 13.4. The zero-order chi connectivity index (χ0) is 17.7. The summed E-state index contributed by atoms with van der Waals surface area (Å²) in [4.78, 5) is 13.2. The van der Waals surface area contributed by atoms with Crippen LogP contribution in [-0.2, 0) is 6.61 Å². The molecule has 0 spiro atoms. The average Bonchev–Trinajstić information content (AvgIpc) is 3.02. The summed E-state index contributed by atoms with van der Waals surface area (Å²) in [5.74, 6) is -2.72. The molecule has 1 unspecified atom stereocenters. The Kier molecular flexibility index (Phi) is 5.83. The highest BCUT2D eigenvalue weighted by atomic mass is 19.1. The molecule has 24 heavy (non-hydrogen) atoms. The number of nitrogens with zero attached hydrogens (tertiary/aromatic N) is 2. The predicted molar refractivity (Wildman–Crippen MR) is 77.2 cm³/mol. The third kappa shape index (κ3) is 4.27. The molecule has 2 rings (SSSR count). The summed E-state index contributed by atoms with van der Waals surface area (Å²) in [5.41, 5.74) is -0.0600. The fourth-order valence-corrected chi connectivity index (χ4v) is 1.90. The summed E-state index contributed by atoms with van der Waals surface area (Å²) < 4.78 is 36.8. The monoisotopic (exact) mass is 342 g/mol. The lowest BCUT2D eigenvalue weighted by atomic mass is 10.3. The number of amides is 1. The van der Waals surface area contributed by atoms with Gasteiger partial charge < -0.3 is 24.4 Å². The summed E-state index contributed by atoms with van der Waals surface area (Å²) in [6.07, 6.45) is -1.07. The molecular formula is C15H16F2N2O5. The molecule has 9 heteroatoms. The fraction of sp³-hybridized carbons (Fsp3) is 0.333. The Bertz CT molecular complexity index is 687. The van der Waals surface area contributed by atoms with Gasteiger partial charge in [0.1, 0.15) is 6.61 Å². The summed E-state index contributed by atoms with van der Waals surface area (Å²) in [6.45, 7) is -0.890. The van der Waals surface area contributed by atoms with Crippen LogP contribution in [0.4, 0.5) is 8.78 Å². The van der Waals surface area contributed by atoms with E-state index >= 15 is 0 Å². The van der Waals surface area contributed by atoms with Crippen molar-refractivity contribution in [2.75, 3.05) is 20.2 Å². The highest BCUT2D eigenvalue weighted by molar-refractivity contribution is 5.92. The molecule has 0 bridgehead atoms. The number of likely N-dealkylation sites (N-methyl/N-ethyl adjacent to an activating group) is 1. The van der Waals surface area contributed by atoms with Gasteiger partial charge in [-0.05, 0) is 12.1 Å². The first-order chi connectivity index (χ1) is 11.4. The molecule has 0 saturated carbocycles. The molecule has 1 amide bonds. The van der Waals surface area contributed by atoms with Crippen molar-refractivity contribution in [2.45, 2.75) is 12.7 Å². The molecule has 0 fully saturated rings. The smallest absolute Gasteiger partial charge is 0.275 e. The topological polar surface area (TPSA) is 96.0 Å². The number of carbonyl (C=O) groups is 1. The van der Waals surface area contributed by atoms with Crippen molar-refractivity contribution in [3.8, 4) is 5.75 Å². The predicted octanol–water partition coefficient (Wildman–Crippen LogP) is 0.957. The Labute approximate surface area is 136 Å². The maximum Gasteiger partial charge on any atom is 0.275 e. The van der Waals surface area contributed by atoms with Gasteiger partial charge >= 0.3 is 0 Å². The summed E-state index contributed by atoms with van der Waals surface area (Å²) >= 11 is 0. The quantitative estimate of drug-likeness (QED) is 0.778. The molecule has 0 radical (unpaired) electrons. The van der Waals surface area contributed by atoms with Crippen LogP contribution in [0.2, 0.25) is 0 Å². The van der Waals surface area contributed by atoms with Crippen molar-refractivity contribution >= 4 is 5.91 Å². The number of para-hydroxylation sites is 1. The highest BCUT2D eigenvalue weighted by Crippen LogP contribution is 2.22. The van der Waals surface area contributed by atoms with E-state index in [4.69, 9.17) is 14.4 Å². The minimum Gasteiger partial charge on any atom is -0.479 e. The fourth-order valence-electron chi connectivity index (χ4n) is 1.90. The molecule has 1 atom stereocenters. The summed E-state index contributed by atoms with van der Waals surface area (Å²) in [6, 6.07) is 4.58. The van der Waals surface area contributed by atoms with Gasteiger partial charge in [-0.2, -0.15) is 0 Å². The number of halogens is 2. The van der Waals surface area contributed by atoms with E-state index in [1.807, 2.05) is 0 Å². The number of aliphatic hydroxyl groups excluding tert-OH is 2. The standard InChI is InChI=1S/C15H16F2N2O5/c1-19(6-9(21)7-20)15(22)13-5-10(24-18-13)8-23-14-11(16)3-2-4-12(14)17/h2-5,9,20-21H,6-8H2,1H3. The molecule has 0 saturated heterocycles. The van der Waals surface area contributed by atoms with E-state index in [9.17, 15) is 18.7 Å². The lowest BCUT2D eigenvalue weighted by molar-refractivity contribution is 0.0513. The van der Waals surface area contributed by atoms with E-state index < -0.39 is 36.0 Å². The van der Waals surface area contributed by atoms with Crippen molar-refractivity contribution < 1.29 is 33.0 Å². The van der Waals surface area contributed by atoms with Gasteiger partial charge in [0, 0.05) is 19.7 Å². The third-order valence-corrected chi connectivity index (χ3v) is 3.10. The van der Waals surface area contributed by atoms with Crippen LogP contribution in [0.25, 0.3) is 0 Å². The minimum absolute atomic E-state index is 0.0600. The van der Waals surface area contributed by atoms with E-state index in [-0.39, 0.29) is 24.6 Å². The van der Waals surface area contributed by atoms with Gasteiger partial charge in [-0.15, -0.1) is 0 Å². The van der Waals surface area contributed by atoms with E-state index in [1.165, 1.54) is 19.2 Å². The van der Waals surface area contributed by atoms with Gasteiger partial charge in [-0.3, -0.25) is 4.79 Å². The van der Waals surface area contributed by atoms with Gasteiger partial charge in [-0.1, -0.05) is 11.2 Å². The number of aromatic nitrogens is 1. The second-order valence-corrected chi connectivity index (χ2v) is 5.04. The molecule has 130 valence electrons. The van der Waals surface area contributed by atoms with Crippen LogP contribution in [-0.4, -0.2) is 52.5 Å². The molecule has 2 N–H and O–H groups in total. The van der Waals surface area contributed by atoms with Crippen molar-refractivity contribution in [3.63, 3.8) is 0 Å². The van der Waals surface area contributed by atoms with Crippen LogP contribution in [0.3, 0.4) is 0 Å². The van der Waals surface area contributed by atoms with Crippen LogP contribution in [0, 0.1) is 11.6 Å². The lowest BCUT2D eigenvalue weighted by Gasteiger charge is -2.18. The number of benzene rings is 1. The molecule has 1 aromatic carbocycles. The number of carbonyl (C=O) groups excluding carboxylic acids is 1. The average molecular weight is 342 g/mol. The molecule has 1 heterocycles. The third-order valence-electron chi connectivity index (χ3n) is 3.10. The van der Waals surface area contributed by atoms with E-state index in [2.05, 4.69) is 5.16 Å². The molecule has 2 aromatic rings. The Morgan fingerprint density at radius 3 is 2.71 bits per heavy atom. The van der Waals surface area contributed by atoms with Crippen molar-refractivity contribution in [2.24, 2.45) is 0 Å². The van der Waals surface area contributed by atoms with Crippen LogP contribution in [0.5, 0.6) is 5.75 Å². The largest absolute Gasteiger partial charge is 0.479 e. The molecule has 7 nitrogen and oxygen atoms in total. The van der Waals surface area contributed by atoms with Crippen LogP contribution in [0.15, 0.2) is 28.8 Å². The molecular weight excluding hydrogens is 326 g/mol. The molecule has 0 aliphatic rings. The van der Waals surface area contributed by atoms with E-state index in [1.54, 1.807) is 0 Å². The zero-order valence-electron chi connectivity index (χ0n) is 12.8. The minimum atomic E-state index is -1.07. The molecule has 1 aromatic heterocycles. The summed E-state index contributed by atoms with van der Waals surface area (Å²) in [7, 11) is 1.42. The normalized spacial score (nSPS) is 12.0. The van der Waals surface area contributed by atoms with E-state index in [0.717, 1.165) is 17.0 Å². The molecule has 0 aliphatic heterocycles. The lowest BCUT2D eigenvalue weighted by Crippen LogP contribution is -2.36. The Balaban J connectivity index is 1.99. The molecule has 0 aliphatic carbocycles. The first-order valence-electron chi connectivity index (χ1n) is 6.99. The number of aliphatic hydroxyl groups is 2. The van der Waals surface area contributed by atoms with Crippen molar-refractivity contribution in [1.29, 1.82) is 0 Å². The second-order valence-electron chi connectivity index (χ2n) is 5.04. The van der Waals surface area contributed by atoms with Gasteiger partial charge in [0.25, 0.3) is 5.91 Å². The first-order valence-corrected chi connectivity index (χ1v) is 6.99. The number of rotatable bonds is 7. The second kappa shape index (κ2) is 7.84.